The van der Waals surface area contributed by atoms with Gasteiger partial charge in [0.15, 0.2) is 0 Å². The van der Waals surface area contributed by atoms with Crippen molar-refractivity contribution in [3.63, 3.8) is 0 Å². The number of carbonyl (C=O) groups is 1. The zero-order valence-corrected chi connectivity index (χ0v) is 11.6. The molecule has 0 radical (unpaired) electrons. The van der Waals surface area contributed by atoms with Gasteiger partial charge in [-0.3, -0.25) is 0 Å². The molecular weight excluding hydrogens is 232 g/mol. The lowest BCUT2D eigenvalue weighted by molar-refractivity contribution is 0.0694. The summed E-state index contributed by atoms with van der Waals surface area (Å²) in [5, 5.41) is 9.41. The maximum Gasteiger partial charge on any atom is 0.337 e. The number of rotatable bonds is 3. The molecule has 94 valence electrons. The number of hydrogen-bond donors (Lipinski definition) is 1. The van der Waals surface area contributed by atoms with Gasteiger partial charge < -0.3 is 5.11 Å². The minimum atomic E-state index is -0.733. The Morgan fingerprint density at radius 3 is 2.76 bits per heavy atom. The SMILES string of the molecule is CCCc1sc2c(c1C(=O)O)CC(C)(C)CC2. The first kappa shape index (κ1) is 12.6. The van der Waals surface area contributed by atoms with Crippen molar-refractivity contribution >= 4 is 17.3 Å². The van der Waals surface area contributed by atoms with Crippen molar-refractivity contribution in [2.24, 2.45) is 5.41 Å². The van der Waals surface area contributed by atoms with E-state index in [0.717, 1.165) is 36.1 Å². The molecule has 2 nitrogen and oxygen atoms in total. The number of thiophene rings is 1. The van der Waals surface area contributed by atoms with Gasteiger partial charge in [-0.05, 0) is 36.7 Å². The van der Waals surface area contributed by atoms with E-state index in [1.54, 1.807) is 11.3 Å². The number of aromatic carboxylic acids is 1. The summed E-state index contributed by atoms with van der Waals surface area (Å²) in [6.07, 6.45) is 5.06. The van der Waals surface area contributed by atoms with Crippen molar-refractivity contribution in [1.82, 2.24) is 0 Å². The Kier molecular flexibility index (Phi) is 3.30. The maximum absolute atomic E-state index is 11.4. The zero-order valence-electron chi connectivity index (χ0n) is 10.8. The predicted octanol–water partition coefficient (Wildman–Crippen LogP) is 3.91. The van der Waals surface area contributed by atoms with Crippen molar-refractivity contribution in [1.29, 1.82) is 0 Å². The van der Waals surface area contributed by atoms with Gasteiger partial charge in [0, 0.05) is 9.75 Å². The summed E-state index contributed by atoms with van der Waals surface area (Å²) < 4.78 is 0. The maximum atomic E-state index is 11.4. The molecule has 0 saturated heterocycles. The Bertz CT molecular complexity index is 443. The van der Waals surface area contributed by atoms with Crippen LogP contribution in [0.5, 0.6) is 0 Å². The second-order valence-electron chi connectivity index (χ2n) is 5.70. The molecule has 1 aromatic heterocycles. The second kappa shape index (κ2) is 4.45. The third-order valence-corrected chi connectivity index (χ3v) is 4.89. The van der Waals surface area contributed by atoms with Crippen LogP contribution in [-0.4, -0.2) is 11.1 Å². The van der Waals surface area contributed by atoms with Crippen LogP contribution in [0.2, 0.25) is 0 Å². The van der Waals surface area contributed by atoms with Gasteiger partial charge >= 0.3 is 5.97 Å². The fourth-order valence-corrected chi connectivity index (χ4v) is 4.05. The van der Waals surface area contributed by atoms with Crippen molar-refractivity contribution in [3.8, 4) is 0 Å². The van der Waals surface area contributed by atoms with Crippen LogP contribution < -0.4 is 0 Å². The topological polar surface area (TPSA) is 37.3 Å². The standard InChI is InChI=1S/C14H20O2S/c1-4-5-11-12(13(15)16)9-8-14(2,3)7-6-10(9)17-11/h4-8H2,1-3H3,(H,15,16). The normalized spacial score (nSPS) is 17.8. The summed E-state index contributed by atoms with van der Waals surface area (Å²) in [6.45, 7) is 6.58. The van der Waals surface area contributed by atoms with Crippen LogP contribution >= 0.6 is 11.3 Å². The second-order valence-corrected chi connectivity index (χ2v) is 6.89. The molecule has 0 spiro atoms. The molecule has 1 heterocycles. The van der Waals surface area contributed by atoms with Crippen LogP contribution in [0.4, 0.5) is 0 Å². The average molecular weight is 252 g/mol. The largest absolute Gasteiger partial charge is 0.478 e. The van der Waals surface area contributed by atoms with E-state index in [0.29, 0.717) is 5.56 Å². The van der Waals surface area contributed by atoms with Gasteiger partial charge in [-0.1, -0.05) is 27.2 Å². The number of carboxylic acid groups (broad SMARTS) is 1. The average Bonchev–Trinajstić information content (AvgIpc) is 2.54. The third kappa shape index (κ3) is 2.39. The Morgan fingerprint density at radius 2 is 2.18 bits per heavy atom. The van der Waals surface area contributed by atoms with E-state index in [2.05, 4.69) is 20.8 Å². The molecule has 0 atom stereocenters. The lowest BCUT2D eigenvalue weighted by Gasteiger charge is -2.29. The molecule has 0 fully saturated rings. The molecule has 0 amide bonds. The molecule has 0 saturated carbocycles. The van der Waals surface area contributed by atoms with Crippen molar-refractivity contribution in [3.05, 3.63) is 20.9 Å². The van der Waals surface area contributed by atoms with Crippen LogP contribution in [0.1, 0.15) is 59.3 Å². The van der Waals surface area contributed by atoms with Gasteiger partial charge in [-0.25, -0.2) is 4.79 Å². The molecule has 17 heavy (non-hydrogen) atoms. The molecule has 1 aliphatic carbocycles. The Hall–Kier alpha value is -0.830. The van der Waals surface area contributed by atoms with Gasteiger partial charge in [0.1, 0.15) is 0 Å². The zero-order chi connectivity index (χ0) is 12.6. The minimum absolute atomic E-state index is 0.252. The Morgan fingerprint density at radius 1 is 1.47 bits per heavy atom. The smallest absolute Gasteiger partial charge is 0.337 e. The summed E-state index contributed by atoms with van der Waals surface area (Å²) in [5.74, 6) is -0.733. The van der Waals surface area contributed by atoms with E-state index in [4.69, 9.17) is 0 Å². The summed E-state index contributed by atoms with van der Waals surface area (Å²) in [4.78, 5) is 13.9. The molecule has 0 bridgehead atoms. The third-order valence-electron chi connectivity index (χ3n) is 3.54. The number of carboxylic acids is 1. The van der Waals surface area contributed by atoms with Gasteiger partial charge in [-0.15, -0.1) is 11.3 Å². The summed E-state index contributed by atoms with van der Waals surface area (Å²) in [6, 6.07) is 0. The van der Waals surface area contributed by atoms with Gasteiger partial charge in [0.25, 0.3) is 0 Å². The van der Waals surface area contributed by atoms with Gasteiger partial charge in [0.2, 0.25) is 0 Å². The lowest BCUT2D eigenvalue weighted by atomic mass is 9.76. The van der Waals surface area contributed by atoms with E-state index in [1.165, 1.54) is 11.3 Å². The number of fused-ring (bicyclic) bond motifs is 1. The van der Waals surface area contributed by atoms with E-state index < -0.39 is 5.97 Å². The Balaban J connectivity index is 2.47. The highest BCUT2D eigenvalue weighted by Crippen LogP contribution is 2.41. The van der Waals surface area contributed by atoms with E-state index in [9.17, 15) is 9.90 Å². The fraction of sp³-hybridized carbons (Fsp3) is 0.643. The van der Waals surface area contributed by atoms with Gasteiger partial charge in [-0.2, -0.15) is 0 Å². The van der Waals surface area contributed by atoms with Crippen LogP contribution in [-0.2, 0) is 19.3 Å². The van der Waals surface area contributed by atoms with Crippen LogP contribution in [0.3, 0.4) is 0 Å². The lowest BCUT2D eigenvalue weighted by Crippen LogP contribution is -2.22. The molecule has 0 aromatic carbocycles. The first-order valence-electron chi connectivity index (χ1n) is 6.31. The number of hydrogen-bond acceptors (Lipinski definition) is 2. The first-order valence-corrected chi connectivity index (χ1v) is 7.13. The van der Waals surface area contributed by atoms with E-state index in [1.807, 2.05) is 0 Å². The van der Waals surface area contributed by atoms with Crippen molar-refractivity contribution in [2.45, 2.75) is 52.9 Å². The first-order chi connectivity index (χ1) is 7.94. The van der Waals surface area contributed by atoms with E-state index in [-0.39, 0.29) is 5.41 Å². The molecule has 3 heteroatoms. The molecule has 1 aromatic rings. The fourth-order valence-electron chi connectivity index (χ4n) is 2.63. The van der Waals surface area contributed by atoms with Gasteiger partial charge in [0.05, 0.1) is 5.56 Å². The highest BCUT2D eigenvalue weighted by Gasteiger charge is 2.32. The molecule has 1 N–H and O–H groups in total. The highest BCUT2D eigenvalue weighted by molar-refractivity contribution is 7.12. The molecule has 2 rings (SSSR count). The number of aryl methyl sites for hydroxylation is 2. The summed E-state index contributed by atoms with van der Waals surface area (Å²) in [5.41, 5.74) is 2.00. The Labute approximate surface area is 107 Å². The van der Waals surface area contributed by atoms with E-state index >= 15 is 0 Å². The van der Waals surface area contributed by atoms with Crippen LogP contribution in [0.25, 0.3) is 0 Å². The molecule has 1 aliphatic rings. The summed E-state index contributed by atoms with van der Waals surface area (Å²) in [7, 11) is 0. The van der Waals surface area contributed by atoms with Crippen molar-refractivity contribution < 1.29 is 9.90 Å². The molecule has 0 aliphatic heterocycles. The van der Waals surface area contributed by atoms with Crippen LogP contribution in [0.15, 0.2) is 0 Å². The monoisotopic (exact) mass is 252 g/mol. The molecule has 0 unspecified atom stereocenters. The molecular formula is C14H20O2S. The summed E-state index contributed by atoms with van der Waals surface area (Å²) >= 11 is 1.73. The van der Waals surface area contributed by atoms with Crippen molar-refractivity contribution in [2.75, 3.05) is 0 Å². The predicted molar refractivity (Wildman–Crippen MR) is 71.1 cm³/mol. The minimum Gasteiger partial charge on any atom is -0.478 e. The van der Waals surface area contributed by atoms with Crippen LogP contribution in [0, 0.1) is 5.41 Å². The quantitative estimate of drug-likeness (QED) is 0.885. The highest BCUT2D eigenvalue weighted by atomic mass is 32.1.